The van der Waals surface area contributed by atoms with Gasteiger partial charge >= 0.3 is 0 Å². The summed E-state index contributed by atoms with van der Waals surface area (Å²) in [5.74, 6) is -0.187. The van der Waals surface area contributed by atoms with Gasteiger partial charge < -0.3 is 10.2 Å². The zero-order valence-electron chi connectivity index (χ0n) is 16.9. The Morgan fingerprint density at radius 3 is 2.66 bits per heavy atom. The number of hydrogen-bond donors (Lipinski definition) is 1. The fourth-order valence-corrected chi connectivity index (χ4v) is 5.10. The fraction of sp³-hybridized carbons (Fsp3) is 0.429. The van der Waals surface area contributed by atoms with Crippen LogP contribution in [-0.2, 0) is 21.2 Å². The summed E-state index contributed by atoms with van der Waals surface area (Å²) in [7, 11) is -1.51. The molecule has 0 bridgehead atoms. The largest absolute Gasteiger partial charge is 0.326 e. The van der Waals surface area contributed by atoms with Crippen molar-refractivity contribution in [2.24, 2.45) is 0 Å². The van der Waals surface area contributed by atoms with Gasteiger partial charge in [-0.15, -0.1) is 0 Å². The second-order valence-corrected chi connectivity index (χ2v) is 9.35. The smallest absolute Gasteiger partial charge is 0.243 e. The van der Waals surface area contributed by atoms with Gasteiger partial charge in [0.1, 0.15) is 0 Å². The number of sulfonamides is 1. The molecule has 8 heteroatoms. The molecule has 0 saturated carbocycles. The lowest BCUT2D eigenvalue weighted by atomic mass is 10.1. The van der Waals surface area contributed by atoms with E-state index in [1.807, 2.05) is 25.2 Å². The minimum atomic E-state index is -3.56. The predicted molar refractivity (Wildman–Crippen MR) is 113 cm³/mol. The molecular weight excluding hydrogens is 388 g/mol. The SMILES string of the molecule is CC(=O)Nc1ccc(S(=O)(=O)N2CCCC(N(C)CCc3ccccn3)C2)cc1. The molecule has 1 aliphatic heterocycles. The number of carbonyl (C=O) groups excluding carboxylic acids is 1. The molecule has 156 valence electrons. The topological polar surface area (TPSA) is 82.6 Å². The third-order valence-electron chi connectivity index (χ3n) is 5.24. The zero-order chi connectivity index (χ0) is 20.9. The van der Waals surface area contributed by atoms with Crippen molar-refractivity contribution in [2.75, 3.05) is 32.0 Å². The summed E-state index contributed by atoms with van der Waals surface area (Å²) in [4.78, 5) is 18.0. The van der Waals surface area contributed by atoms with E-state index in [0.717, 1.165) is 31.5 Å². The van der Waals surface area contributed by atoms with Gasteiger partial charge in [-0.1, -0.05) is 6.07 Å². The standard InChI is InChI=1S/C21H28N4O3S/c1-17(26)23-19-8-10-21(11-9-19)29(27,28)25-14-5-7-20(16-25)24(2)15-12-18-6-3-4-13-22-18/h3-4,6,8-11,13,20H,5,7,12,14-16H2,1-2H3,(H,23,26). The molecule has 1 saturated heterocycles. The van der Waals surface area contributed by atoms with Crippen molar-refractivity contribution in [2.45, 2.75) is 37.1 Å². The first-order valence-electron chi connectivity index (χ1n) is 9.84. The molecule has 1 aromatic heterocycles. The highest BCUT2D eigenvalue weighted by molar-refractivity contribution is 7.89. The Kier molecular flexibility index (Phi) is 7.00. The number of benzene rings is 1. The average Bonchev–Trinajstić information content (AvgIpc) is 2.73. The molecule has 1 aromatic carbocycles. The van der Waals surface area contributed by atoms with Crippen molar-refractivity contribution >= 4 is 21.6 Å². The van der Waals surface area contributed by atoms with Gasteiger partial charge in [0.2, 0.25) is 15.9 Å². The first kappa shape index (κ1) is 21.4. The monoisotopic (exact) mass is 416 g/mol. The van der Waals surface area contributed by atoms with Crippen LogP contribution in [0, 0.1) is 0 Å². The molecule has 1 unspecified atom stereocenters. The number of pyridine rings is 1. The molecule has 0 radical (unpaired) electrons. The number of likely N-dealkylation sites (N-methyl/N-ethyl adjacent to an activating group) is 1. The number of anilines is 1. The van der Waals surface area contributed by atoms with Crippen LogP contribution in [0.2, 0.25) is 0 Å². The summed E-state index contributed by atoms with van der Waals surface area (Å²) in [6.45, 7) is 3.26. The summed E-state index contributed by atoms with van der Waals surface area (Å²) < 4.78 is 27.7. The third-order valence-corrected chi connectivity index (χ3v) is 7.12. The molecule has 0 spiro atoms. The molecule has 1 fully saturated rings. The highest BCUT2D eigenvalue weighted by Crippen LogP contribution is 2.24. The van der Waals surface area contributed by atoms with E-state index in [4.69, 9.17) is 0 Å². The van der Waals surface area contributed by atoms with E-state index in [-0.39, 0.29) is 16.8 Å². The average molecular weight is 417 g/mol. The van der Waals surface area contributed by atoms with Gasteiger partial charge in [0, 0.05) is 56.6 Å². The molecule has 2 aromatic rings. The first-order valence-corrected chi connectivity index (χ1v) is 11.3. The van der Waals surface area contributed by atoms with Gasteiger partial charge in [-0.2, -0.15) is 4.31 Å². The first-order chi connectivity index (χ1) is 13.9. The van der Waals surface area contributed by atoms with Crippen LogP contribution in [0.3, 0.4) is 0 Å². The van der Waals surface area contributed by atoms with E-state index in [1.165, 1.54) is 6.92 Å². The predicted octanol–water partition coefficient (Wildman–Crippen LogP) is 2.37. The quantitative estimate of drug-likeness (QED) is 0.749. The Labute approximate surface area is 172 Å². The highest BCUT2D eigenvalue weighted by atomic mass is 32.2. The normalized spacial score (nSPS) is 18.0. The van der Waals surface area contributed by atoms with Crippen molar-refractivity contribution in [3.05, 3.63) is 54.4 Å². The second-order valence-electron chi connectivity index (χ2n) is 7.42. The van der Waals surface area contributed by atoms with Gasteiger partial charge in [0.15, 0.2) is 0 Å². The number of rotatable bonds is 7. The number of amides is 1. The summed E-state index contributed by atoms with van der Waals surface area (Å²) in [5, 5.41) is 2.65. The van der Waals surface area contributed by atoms with Gasteiger partial charge in [-0.25, -0.2) is 8.42 Å². The number of hydrogen-bond acceptors (Lipinski definition) is 5. The zero-order valence-corrected chi connectivity index (χ0v) is 17.7. The minimum Gasteiger partial charge on any atom is -0.326 e. The maximum Gasteiger partial charge on any atom is 0.243 e. The molecule has 1 N–H and O–H groups in total. The number of nitrogens with one attached hydrogen (secondary N) is 1. The van der Waals surface area contributed by atoms with Crippen LogP contribution in [0.25, 0.3) is 0 Å². The third kappa shape index (κ3) is 5.62. The van der Waals surface area contributed by atoms with E-state index in [1.54, 1.807) is 34.8 Å². The van der Waals surface area contributed by atoms with Crippen molar-refractivity contribution in [1.29, 1.82) is 0 Å². The van der Waals surface area contributed by atoms with Crippen molar-refractivity contribution < 1.29 is 13.2 Å². The lowest BCUT2D eigenvalue weighted by Gasteiger charge is -2.37. The maximum atomic E-state index is 13.1. The van der Waals surface area contributed by atoms with Gasteiger partial charge in [-0.3, -0.25) is 9.78 Å². The number of aromatic nitrogens is 1. The summed E-state index contributed by atoms with van der Waals surface area (Å²) in [6.07, 6.45) is 4.45. The Balaban J connectivity index is 1.63. The lowest BCUT2D eigenvalue weighted by molar-refractivity contribution is -0.114. The molecule has 3 rings (SSSR count). The molecule has 1 aliphatic rings. The molecule has 1 amide bonds. The van der Waals surface area contributed by atoms with Crippen LogP contribution in [0.1, 0.15) is 25.5 Å². The summed E-state index contributed by atoms with van der Waals surface area (Å²) >= 11 is 0. The van der Waals surface area contributed by atoms with Crippen molar-refractivity contribution in [3.8, 4) is 0 Å². The van der Waals surface area contributed by atoms with Crippen LogP contribution >= 0.6 is 0 Å². The maximum absolute atomic E-state index is 13.1. The van der Waals surface area contributed by atoms with E-state index < -0.39 is 10.0 Å². The Hall–Kier alpha value is -2.29. The second kappa shape index (κ2) is 9.47. The van der Waals surface area contributed by atoms with Crippen LogP contribution in [0.15, 0.2) is 53.6 Å². The van der Waals surface area contributed by atoms with E-state index in [9.17, 15) is 13.2 Å². The summed E-state index contributed by atoms with van der Waals surface area (Å²) in [5.41, 5.74) is 1.63. The molecule has 7 nitrogen and oxygen atoms in total. The van der Waals surface area contributed by atoms with Crippen LogP contribution in [0.4, 0.5) is 5.69 Å². The van der Waals surface area contributed by atoms with E-state index in [2.05, 4.69) is 15.2 Å². The number of piperidine rings is 1. The highest BCUT2D eigenvalue weighted by Gasteiger charge is 2.31. The fourth-order valence-electron chi connectivity index (χ4n) is 3.58. The lowest BCUT2D eigenvalue weighted by Crippen LogP contribution is -2.48. The van der Waals surface area contributed by atoms with Crippen molar-refractivity contribution in [3.63, 3.8) is 0 Å². The minimum absolute atomic E-state index is 0.181. The van der Waals surface area contributed by atoms with Gasteiger partial charge in [-0.05, 0) is 56.3 Å². The summed E-state index contributed by atoms with van der Waals surface area (Å²) in [6, 6.07) is 12.4. The van der Waals surface area contributed by atoms with Crippen LogP contribution in [-0.4, -0.2) is 61.2 Å². The molecule has 0 aliphatic carbocycles. The van der Waals surface area contributed by atoms with Crippen LogP contribution < -0.4 is 5.32 Å². The van der Waals surface area contributed by atoms with Gasteiger partial charge in [0.25, 0.3) is 0 Å². The van der Waals surface area contributed by atoms with Crippen molar-refractivity contribution in [1.82, 2.24) is 14.2 Å². The van der Waals surface area contributed by atoms with E-state index >= 15 is 0 Å². The molecule has 29 heavy (non-hydrogen) atoms. The number of nitrogens with zero attached hydrogens (tertiary/aromatic N) is 3. The Morgan fingerprint density at radius 1 is 1.24 bits per heavy atom. The Morgan fingerprint density at radius 2 is 2.00 bits per heavy atom. The number of carbonyl (C=O) groups is 1. The molecular formula is C21H28N4O3S. The van der Waals surface area contributed by atoms with E-state index in [0.29, 0.717) is 18.8 Å². The molecule has 2 heterocycles. The Bertz CT molecular complexity index is 917. The van der Waals surface area contributed by atoms with Crippen LogP contribution in [0.5, 0.6) is 0 Å². The molecule has 1 atom stereocenters. The van der Waals surface area contributed by atoms with Gasteiger partial charge in [0.05, 0.1) is 4.90 Å².